The molecule has 0 saturated carbocycles. The molecule has 0 saturated heterocycles. The van der Waals surface area contributed by atoms with Gasteiger partial charge in [-0.3, -0.25) is 4.79 Å². The van der Waals surface area contributed by atoms with Crippen LogP contribution in [0.4, 0.5) is 10.1 Å². The first-order chi connectivity index (χ1) is 15.6. The van der Waals surface area contributed by atoms with Gasteiger partial charge in [0.25, 0.3) is 5.91 Å². The van der Waals surface area contributed by atoms with Gasteiger partial charge in [-0.2, -0.15) is 0 Å². The monoisotopic (exact) mass is 421 g/mol. The van der Waals surface area contributed by atoms with Crippen LogP contribution in [0.2, 0.25) is 0 Å². The Labute approximate surface area is 185 Å². The summed E-state index contributed by atoms with van der Waals surface area (Å²) >= 11 is 0. The van der Waals surface area contributed by atoms with Crippen LogP contribution in [0.1, 0.15) is 15.9 Å². The van der Waals surface area contributed by atoms with Crippen molar-refractivity contribution in [1.29, 1.82) is 0 Å². The zero-order valence-corrected chi connectivity index (χ0v) is 17.4. The van der Waals surface area contributed by atoms with Crippen molar-refractivity contribution in [3.05, 3.63) is 114 Å². The van der Waals surface area contributed by atoms with Crippen LogP contribution in [0.25, 0.3) is 28.0 Å². The molecule has 2 aromatic heterocycles. The largest absolute Gasteiger partial charge is 0.319 e. The van der Waals surface area contributed by atoms with E-state index in [9.17, 15) is 9.18 Å². The maximum atomic E-state index is 13.2. The van der Waals surface area contributed by atoms with E-state index in [4.69, 9.17) is 4.98 Å². The molecule has 0 radical (unpaired) electrons. The van der Waals surface area contributed by atoms with Crippen LogP contribution in [-0.4, -0.2) is 15.3 Å². The van der Waals surface area contributed by atoms with Gasteiger partial charge in [-0.15, -0.1) is 0 Å². The lowest BCUT2D eigenvalue weighted by Crippen LogP contribution is -2.13. The minimum atomic E-state index is -0.379. The average molecular weight is 421 g/mol. The molecule has 0 aliphatic heterocycles. The number of anilines is 1. The number of halogens is 1. The number of pyridine rings is 1. The molecule has 5 aromatic rings. The predicted molar refractivity (Wildman–Crippen MR) is 125 cm³/mol. The van der Waals surface area contributed by atoms with Gasteiger partial charge in [0, 0.05) is 23.5 Å². The van der Waals surface area contributed by atoms with Crippen molar-refractivity contribution in [1.82, 2.24) is 9.38 Å². The molecule has 1 amide bonds. The topological polar surface area (TPSA) is 46.4 Å². The molecule has 0 atom stereocenters. The fourth-order valence-corrected chi connectivity index (χ4v) is 3.73. The molecular formula is C27H20FN3O. The highest BCUT2D eigenvalue weighted by Crippen LogP contribution is 2.27. The Morgan fingerprint density at radius 2 is 1.50 bits per heavy atom. The molecule has 3 aromatic carbocycles. The lowest BCUT2D eigenvalue weighted by Gasteiger charge is -2.08. The second-order valence-electron chi connectivity index (χ2n) is 7.69. The van der Waals surface area contributed by atoms with Crippen LogP contribution in [0.5, 0.6) is 0 Å². The van der Waals surface area contributed by atoms with Gasteiger partial charge in [-0.1, -0.05) is 54.6 Å². The minimum absolute atomic E-state index is 0.311. The van der Waals surface area contributed by atoms with Gasteiger partial charge < -0.3 is 9.72 Å². The zero-order valence-electron chi connectivity index (χ0n) is 17.4. The highest BCUT2D eigenvalue weighted by Gasteiger charge is 2.13. The first-order valence-electron chi connectivity index (χ1n) is 10.3. The van der Waals surface area contributed by atoms with E-state index < -0.39 is 0 Å². The lowest BCUT2D eigenvalue weighted by atomic mass is 10.0. The summed E-state index contributed by atoms with van der Waals surface area (Å²) in [7, 11) is 0. The first kappa shape index (κ1) is 19.7. The van der Waals surface area contributed by atoms with E-state index in [1.54, 1.807) is 0 Å². The van der Waals surface area contributed by atoms with Crippen LogP contribution >= 0.6 is 0 Å². The van der Waals surface area contributed by atoms with E-state index in [-0.39, 0.29) is 11.7 Å². The number of aryl methyl sites for hydroxylation is 1. The quantitative estimate of drug-likeness (QED) is 0.367. The number of imidazole rings is 1. The van der Waals surface area contributed by atoms with Gasteiger partial charge in [0.1, 0.15) is 5.82 Å². The average Bonchev–Trinajstić information content (AvgIpc) is 3.24. The summed E-state index contributed by atoms with van der Waals surface area (Å²) < 4.78 is 15.1. The van der Waals surface area contributed by atoms with Crippen LogP contribution in [0, 0.1) is 12.7 Å². The van der Waals surface area contributed by atoms with Crippen molar-refractivity contribution in [3.8, 4) is 22.4 Å². The van der Waals surface area contributed by atoms with Crippen LogP contribution < -0.4 is 5.32 Å². The molecule has 0 spiro atoms. The normalized spacial score (nSPS) is 10.9. The maximum Gasteiger partial charge on any atom is 0.255 e. The van der Waals surface area contributed by atoms with Crippen LogP contribution in [-0.2, 0) is 0 Å². The summed E-state index contributed by atoms with van der Waals surface area (Å²) in [6.45, 7) is 1.96. The fourth-order valence-electron chi connectivity index (χ4n) is 3.73. The van der Waals surface area contributed by atoms with E-state index in [1.165, 1.54) is 24.3 Å². The lowest BCUT2D eigenvalue weighted by molar-refractivity contribution is 0.102. The van der Waals surface area contributed by atoms with E-state index in [0.717, 1.165) is 27.9 Å². The third-order valence-corrected chi connectivity index (χ3v) is 5.33. The van der Waals surface area contributed by atoms with E-state index >= 15 is 0 Å². The van der Waals surface area contributed by atoms with Crippen molar-refractivity contribution >= 4 is 17.2 Å². The Bertz CT molecular complexity index is 1410. The number of nitrogens with one attached hydrogen (secondary N) is 1. The number of rotatable bonds is 4. The molecule has 156 valence electrons. The Kier molecular flexibility index (Phi) is 5.00. The van der Waals surface area contributed by atoms with Crippen molar-refractivity contribution in [2.45, 2.75) is 6.92 Å². The molecule has 4 nitrogen and oxygen atoms in total. The second kappa shape index (κ2) is 8.12. The van der Waals surface area contributed by atoms with Gasteiger partial charge in [0.2, 0.25) is 0 Å². The molecule has 5 heteroatoms. The van der Waals surface area contributed by atoms with Crippen molar-refractivity contribution in [2.75, 3.05) is 5.32 Å². The summed E-state index contributed by atoms with van der Waals surface area (Å²) in [6.07, 6.45) is 3.92. The Balaban J connectivity index is 1.47. The number of fused-ring (bicyclic) bond motifs is 1. The predicted octanol–water partition coefficient (Wildman–Crippen LogP) is 6.37. The zero-order chi connectivity index (χ0) is 22.1. The first-order valence-corrected chi connectivity index (χ1v) is 10.3. The van der Waals surface area contributed by atoms with E-state index in [0.29, 0.717) is 16.9 Å². The number of carbonyl (C=O) groups is 1. The number of amides is 1. The molecular weight excluding hydrogens is 401 g/mol. The Morgan fingerprint density at radius 3 is 2.22 bits per heavy atom. The summed E-state index contributed by atoms with van der Waals surface area (Å²) in [5, 5.41) is 2.91. The third kappa shape index (κ3) is 3.88. The summed E-state index contributed by atoms with van der Waals surface area (Å²) in [4.78, 5) is 17.4. The number of benzene rings is 3. The van der Waals surface area contributed by atoms with E-state index in [1.807, 2.05) is 60.1 Å². The Morgan fingerprint density at radius 1 is 0.844 bits per heavy atom. The highest BCUT2D eigenvalue weighted by molar-refractivity contribution is 6.06. The minimum Gasteiger partial charge on any atom is -0.319 e. The van der Waals surface area contributed by atoms with Gasteiger partial charge in [0.05, 0.1) is 11.4 Å². The summed E-state index contributed by atoms with van der Waals surface area (Å²) in [5.74, 6) is -0.690. The molecule has 0 aliphatic carbocycles. The smallest absolute Gasteiger partial charge is 0.255 e. The second-order valence-corrected chi connectivity index (χ2v) is 7.69. The molecule has 0 unspecified atom stereocenters. The maximum absolute atomic E-state index is 13.2. The van der Waals surface area contributed by atoms with Gasteiger partial charge in [0.15, 0.2) is 5.65 Å². The number of aromatic nitrogens is 2. The molecule has 0 fully saturated rings. The number of hydrogen-bond acceptors (Lipinski definition) is 2. The molecule has 0 aliphatic rings. The van der Waals surface area contributed by atoms with Crippen molar-refractivity contribution < 1.29 is 9.18 Å². The molecule has 1 N–H and O–H groups in total. The fraction of sp³-hybridized carbons (Fsp3) is 0.0370. The third-order valence-electron chi connectivity index (χ3n) is 5.33. The van der Waals surface area contributed by atoms with Gasteiger partial charge in [-0.05, 0) is 53.9 Å². The van der Waals surface area contributed by atoms with Gasteiger partial charge in [-0.25, -0.2) is 9.37 Å². The summed E-state index contributed by atoms with van der Waals surface area (Å²) in [5.41, 5.74) is 6.72. The van der Waals surface area contributed by atoms with Crippen LogP contribution in [0.3, 0.4) is 0 Å². The van der Waals surface area contributed by atoms with E-state index in [2.05, 4.69) is 29.6 Å². The molecule has 32 heavy (non-hydrogen) atoms. The molecule has 5 rings (SSSR count). The van der Waals surface area contributed by atoms with Crippen molar-refractivity contribution in [2.24, 2.45) is 0 Å². The number of nitrogens with zero attached hydrogens (tertiary/aromatic N) is 2. The SMILES string of the molecule is Cc1cc(NC(=O)c2ccc(F)cc2)c2nc(-c3ccc(-c4ccccc4)cc3)cn2c1. The van der Waals surface area contributed by atoms with Gasteiger partial charge >= 0.3 is 0 Å². The van der Waals surface area contributed by atoms with Crippen molar-refractivity contribution in [3.63, 3.8) is 0 Å². The molecule has 0 bridgehead atoms. The number of hydrogen-bond donors (Lipinski definition) is 1. The van der Waals surface area contributed by atoms with Crippen LogP contribution in [0.15, 0.2) is 97.3 Å². The summed E-state index contributed by atoms with van der Waals surface area (Å²) in [6, 6.07) is 25.8. The highest BCUT2D eigenvalue weighted by atomic mass is 19.1. The Hall–Kier alpha value is -4.25. The number of carbonyl (C=O) groups excluding carboxylic acids is 1. The standard InChI is InChI=1S/C27H20FN3O/c1-18-15-24(30-27(32)22-11-13-23(28)14-12-22)26-29-25(17-31(26)16-18)21-9-7-20(8-10-21)19-5-3-2-4-6-19/h2-17H,1H3,(H,30,32). The molecule has 2 heterocycles.